The molecule has 1 fully saturated rings. The molecule has 1 N–H and O–H groups in total. The Labute approximate surface area is 154 Å². The van der Waals surface area contributed by atoms with Crippen LogP contribution < -0.4 is 10.1 Å². The van der Waals surface area contributed by atoms with E-state index in [4.69, 9.17) is 4.74 Å². The lowest BCUT2D eigenvalue weighted by atomic mass is 10.1. The molecular weight excluding hydrogens is 324 g/mol. The number of imidazole rings is 1. The van der Waals surface area contributed by atoms with Gasteiger partial charge in [0.25, 0.3) is 0 Å². The van der Waals surface area contributed by atoms with E-state index in [1.165, 1.54) is 18.4 Å². The quantitative estimate of drug-likeness (QED) is 0.697. The van der Waals surface area contributed by atoms with Crippen LogP contribution >= 0.6 is 0 Å². The number of pyridine rings is 1. The Morgan fingerprint density at radius 2 is 2.15 bits per heavy atom. The van der Waals surface area contributed by atoms with Crippen molar-refractivity contribution in [3.63, 3.8) is 0 Å². The van der Waals surface area contributed by atoms with Crippen LogP contribution in [0.3, 0.4) is 0 Å². The minimum absolute atomic E-state index is 0.321. The lowest BCUT2D eigenvalue weighted by Gasteiger charge is -2.18. The molecule has 0 radical (unpaired) electrons. The van der Waals surface area contributed by atoms with E-state index in [2.05, 4.69) is 46.0 Å². The molecule has 26 heavy (non-hydrogen) atoms. The molecule has 1 aliphatic carbocycles. The number of nitrogens with zero attached hydrogens (tertiary/aromatic N) is 3. The highest BCUT2D eigenvalue weighted by atomic mass is 16.5. The maximum absolute atomic E-state index is 5.92. The second-order valence-electron chi connectivity index (χ2n) is 6.98. The number of nitrogens with one attached hydrogen (secondary N) is 1. The van der Waals surface area contributed by atoms with Gasteiger partial charge in [-0.15, -0.1) is 0 Å². The molecule has 0 aliphatic heterocycles. The molecule has 4 rings (SSSR count). The van der Waals surface area contributed by atoms with Gasteiger partial charge in [-0.25, -0.2) is 4.98 Å². The smallest absolute Gasteiger partial charge is 0.145 e. The summed E-state index contributed by atoms with van der Waals surface area (Å²) in [6, 6.07) is 10.4. The van der Waals surface area contributed by atoms with E-state index in [1.54, 1.807) is 12.4 Å². The molecule has 0 saturated heterocycles. The summed E-state index contributed by atoms with van der Waals surface area (Å²) in [5.74, 6) is 3.45. The van der Waals surface area contributed by atoms with Gasteiger partial charge in [0, 0.05) is 32.2 Å². The monoisotopic (exact) mass is 348 g/mol. The van der Waals surface area contributed by atoms with Gasteiger partial charge in [-0.2, -0.15) is 0 Å². The first kappa shape index (κ1) is 16.8. The molecule has 1 aromatic carbocycles. The zero-order valence-electron chi connectivity index (χ0n) is 15.2. The topological polar surface area (TPSA) is 52.0 Å². The van der Waals surface area contributed by atoms with E-state index in [0.29, 0.717) is 12.0 Å². The van der Waals surface area contributed by atoms with E-state index < -0.39 is 0 Å². The number of benzene rings is 1. The fourth-order valence-electron chi connectivity index (χ4n) is 3.27. The van der Waals surface area contributed by atoms with E-state index in [1.807, 2.05) is 30.6 Å². The van der Waals surface area contributed by atoms with Crippen molar-refractivity contribution in [1.29, 1.82) is 0 Å². The largest absolute Gasteiger partial charge is 0.455 e. The number of hydrogen-bond acceptors (Lipinski definition) is 4. The van der Waals surface area contributed by atoms with Crippen LogP contribution in [0.1, 0.15) is 35.8 Å². The third-order valence-electron chi connectivity index (χ3n) is 4.86. The number of hydrogen-bond donors (Lipinski definition) is 1. The number of ether oxygens (including phenoxy) is 1. The Hall–Kier alpha value is -2.66. The highest BCUT2D eigenvalue weighted by Gasteiger charge is 2.34. The van der Waals surface area contributed by atoms with E-state index >= 15 is 0 Å². The maximum Gasteiger partial charge on any atom is 0.145 e. The maximum atomic E-state index is 5.92. The zero-order valence-corrected chi connectivity index (χ0v) is 15.2. The summed E-state index contributed by atoms with van der Waals surface area (Å²) in [7, 11) is 2.06. The minimum Gasteiger partial charge on any atom is -0.455 e. The standard InChI is InChI=1S/C21H24N4O/c1-15-12-16(5-8-19(15)26-18-4-3-9-22-14-18)13-24-20(17-6-7-17)21-23-10-11-25(21)2/h3-5,8-12,14,17,20,24H,6-7,13H2,1-2H3. The van der Waals surface area contributed by atoms with Crippen molar-refractivity contribution in [2.24, 2.45) is 13.0 Å². The predicted octanol–water partition coefficient (Wildman–Crippen LogP) is 4.16. The van der Waals surface area contributed by atoms with Gasteiger partial charge in [-0.3, -0.25) is 4.98 Å². The summed E-state index contributed by atoms with van der Waals surface area (Å²) in [6.07, 6.45) is 9.92. The summed E-state index contributed by atoms with van der Waals surface area (Å²) < 4.78 is 8.03. The second kappa shape index (κ2) is 7.30. The van der Waals surface area contributed by atoms with Gasteiger partial charge in [-0.1, -0.05) is 12.1 Å². The Morgan fingerprint density at radius 3 is 2.81 bits per heavy atom. The van der Waals surface area contributed by atoms with Gasteiger partial charge in [0.05, 0.1) is 12.2 Å². The predicted molar refractivity (Wildman–Crippen MR) is 101 cm³/mol. The minimum atomic E-state index is 0.321. The van der Waals surface area contributed by atoms with Crippen LogP contribution in [0.5, 0.6) is 11.5 Å². The summed E-state index contributed by atoms with van der Waals surface area (Å²) in [6.45, 7) is 2.90. The van der Waals surface area contributed by atoms with Crippen LogP contribution in [-0.4, -0.2) is 14.5 Å². The molecule has 0 spiro atoms. The molecule has 3 aromatic rings. The molecule has 1 saturated carbocycles. The van der Waals surface area contributed by atoms with Crippen molar-refractivity contribution in [3.8, 4) is 11.5 Å². The van der Waals surface area contributed by atoms with Gasteiger partial charge < -0.3 is 14.6 Å². The van der Waals surface area contributed by atoms with Crippen molar-refractivity contribution in [2.45, 2.75) is 32.4 Å². The SMILES string of the molecule is Cc1cc(CNC(c2nccn2C)C2CC2)ccc1Oc1cccnc1. The number of aryl methyl sites for hydroxylation is 2. The van der Waals surface area contributed by atoms with E-state index in [0.717, 1.165) is 29.4 Å². The fourth-order valence-corrected chi connectivity index (χ4v) is 3.27. The number of rotatable bonds is 7. The summed E-state index contributed by atoms with van der Waals surface area (Å²) >= 11 is 0. The normalized spacial score (nSPS) is 15.0. The average Bonchev–Trinajstić information content (AvgIpc) is 3.40. The Kier molecular flexibility index (Phi) is 4.71. The molecule has 5 nitrogen and oxygen atoms in total. The third kappa shape index (κ3) is 3.78. The van der Waals surface area contributed by atoms with Crippen LogP contribution in [0.15, 0.2) is 55.1 Å². The van der Waals surface area contributed by atoms with E-state index in [-0.39, 0.29) is 0 Å². The second-order valence-corrected chi connectivity index (χ2v) is 6.98. The summed E-state index contributed by atoms with van der Waals surface area (Å²) in [4.78, 5) is 8.63. The van der Waals surface area contributed by atoms with Gasteiger partial charge >= 0.3 is 0 Å². The first-order valence-corrected chi connectivity index (χ1v) is 9.09. The van der Waals surface area contributed by atoms with Crippen molar-refractivity contribution in [2.75, 3.05) is 0 Å². The molecule has 0 bridgehead atoms. The Morgan fingerprint density at radius 1 is 1.27 bits per heavy atom. The lowest BCUT2D eigenvalue weighted by Crippen LogP contribution is -2.25. The van der Waals surface area contributed by atoms with Gasteiger partial charge in [0.1, 0.15) is 17.3 Å². The van der Waals surface area contributed by atoms with Gasteiger partial charge in [0.15, 0.2) is 0 Å². The average molecular weight is 348 g/mol. The molecular formula is C21H24N4O. The Bertz CT molecular complexity index is 871. The molecule has 134 valence electrons. The third-order valence-corrected chi connectivity index (χ3v) is 4.86. The van der Waals surface area contributed by atoms with Crippen molar-refractivity contribution in [3.05, 3.63) is 72.1 Å². The molecule has 1 unspecified atom stereocenters. The molecule has 1 atom stereocenters. The highest BCUT2D eigenvalue weighted by Crippen LogP contribution is 2.40. The first-order valence-electron chi connectivity index (χ1n) is 9.09. The molecule has 1 aliphatic rings. The first-order chi connectivity index (χ1) is 12.7. The number of aromatic nitrogens is 3. The lowest BCUT2D eigenvalue weighted by molar-refractivity contribution is 0.445. The van der Waals surface area contributed by atoms with Crippen molar-refractivity contribution < 1.29 is 4.74 Å². The van der Waals surface area contributed by atoms with E-state index in [9.17, 15) is 0 Å². The van der Waals surface area contributed by atoms with Gasteiger partial charge in [-0.05, 0) is 55.0 Å². The van der Waals surface area contributed by atoms with Gasteiger partial charge in [0.2, 0.25) is 0 Å². The van der Waals surface area contributed by atoms with Crippen LogP contribution in [0.25, 0.3) is 0 Å². The summed E-state index contributed by atoms with van der Waals surface area (Å²) in [5.41, 5.74) is 2.37. The zero-order chi connectivity index (χ0) is 17.9. The molecule has 0 amide bonds. The van der Waals surface area contributed by atoms with Crippen LogP contribution in [0, 0.1) is 12.8 Å². The Balaban J connectivity index is 1.43. The molecule has 2 heterocycles. The molecule has 2 aromatic heterocycles. The van der Waals surface area contributed by atoms with Crippen molar-refractivity contribution >= 4 is 0 Å². The molecule has 5 heteroatoms. The highest BCUT2D eigenvalue weighted by molar-refractivity contribution is 5.39. The van der Waals surface area contributed by atoms with Crippen LogP contribution in [0.2, 0.25) is 0 Å². The van der Waals surface area contributed by atoms with Crippen molar-refractivity contribution in [1.82, 2.24) is 19.9 Å². The fraction of sp³-hybridized carbons (Fsp3) is 0.333. The van der Waals surface area contributed by atoms with Crippen LogP contribution in [0.4, 0.5) is 0 Å². The van der Waals surface area contributed by atoms with Crippen LogP contribution in [-0.2, 0) is 13.6 Å². The summed E-state index contributed by atoms with van der Waals surface area (Å²) in [5, 5.41) is 3.70.